The molecule has 0 bridgehead atoms. The van der Waals surface area contributed by atoms with E-state index in [1.807, 2.05) is 24.0 Å². The average Bonchev–Trinajstić information content (AvgIpc) is 3.48. The summed E-state index contributed by atoms with van der Waals surface area (Å²) >= 11 is 6.28. The van der Waals surface area contributed by atoms with E-state index in [4.69, 9.17) is 11.6 Å². The SMILES string of the molecule is Cc1ccc(N2CCN(C(=O)CCC3(C4CC4)NC(=O)CC3=O)C[C@@H]2C)cc1Cl. The summed E-state index contributed by atoms with van der Waals surface area (Å²) in [4.78, 5) is 41.3. The molecule has 3 aliphatic rings. The molecule has 156 valence electrons. The van der Waals surface area contributed by atoms with E-state index in [0.29, 0.717) is 25.9 Å². The maximum atomic E-state index is 12.9. The molecule has 4 rings (SSSR count). The zero-order chi connectivity index (χ0) is 20.8. The Balaban J connectivity index is 1.36. The highest BCUT2D eigenvalue weighted by Gasteiger charge is 2.55. The quantitative estimate of drug-likeness (QED) is 0.748. The van der Waals surface area contributed by atoms with Crippen LogP contribution in [0.5, 0.6) is 0 Å². The number of carbonyl (C=O) groups is 3. The lowest BCUT2D eigenvalue weighted by molar-refractivity contribution is -0.133. The lowest BCUT2D eigenvalue weighted by Crippen LogP contribution is -2.54. The fourth-order valence-corrected chi connectivity index (χ4v) is 4.94. The van der Waals surface area contributed by atoms with E-state index in [-0.39, 0.29) is 36.0 Å². The highest BCUT2D eigenvalue weighted by Crippen LogP contribution is 2.45. The number of nitrogens with one attached hydrogen (secondary N) is 1. The number of ketones is 1. The van der Waals surface area contributed by atoms with Crippen molar-refractivity contribution in [3.05, 3.63) is 28.8 Å². The molecule has 2 amide bonds. The van der Waals surface area contributed by atoms with E-state index < -0.39 is 5.54 Å². The first-order chi connectivity index (χ1) is 13.8. The van der Waals surface area contributed by atoms with Crippen molar-refractivity contribution in [1.82, 2.24) is 10.2 Å². The van der Waals surface area contributed by atoms with Crippen molar-refractivity contribution in [3.63, 3.8) is 0 Å². The second kappa shape index (κ2) is 7.63. The number of hydrogen-bond acceptors (Lipinski definition) is 4. The summed E-state index contributed by atoms with van der Waals surface area (Å²) in [6, 6.07) is 6.25. The normalized spacial score (nSPS) is 27.3. The van der Waals surface area contributed by atoms with Crippen LogP contribution in [0.4, 0.5) is 5.69 Å². The molecule has 0 aromatic heterocycles. The molecule has 3 fully saturated rings. The number of aryl methyl sites for hydroxylation is 1. The van der Waals surface area contributed by atoms with Crippen molar-refractivity contribution in [2.24, 2.45) is 5.92 Å². The van der Waals surface area contributed by atoms with Crippen LogP contribution in [0.25, 0.3) is 0 Å². The van der Waals surface area contributed by atoms with E-state index in [9.17, 15) is 14.4 Å². The van der Waals surface area contributed by atoms with Gasteiger partial charge in [-0.25, -0.2) is 0 Å². The molecular formula is C22H28ClN3O3. The molecule has 1 aromatic rings. The minimum Gasteiger partial charge on any atom is -0.365 e. The fourth-order valence-electron chi connectivity index (χ4n) is 4.77. The van der Waals surface area contributed by atoms with Crippen LogP contribution in [0.3, 0.4) is 0 Å². The highest BCUT2D eigenvalue weighted by molar-refractivity contribution is 6.31. The van der Waals surface area contributed by atoms with Gasteiger partial charge in [-0.3, -0.25) is 14.4 Å². The third-order valence-corrected chi connectivity index (χ3v) is 7.06. The Morgan fingerprint density at radius 2 is 2.03 bits per heavy atom. The molecule has 6 nitrogen and oxygen atoms in total. The van der Waals surface area contributed by atoms with Crippen LogP contribution < -0.4 is 10.2 Å². The predicted molar refractivity (Wildman–Crippen MR) is 112 cm³/mol. The van der Waals surface area contributed by atoms with Gasteiger partial charge in [0.1, 0.15) is 5.54 Å². The van der Waals surface area contributed by atoms with E-state index >= 15 is 0 Å². The van der Waals surface area contributed by atoms with E-state index in [1.54, 1.807) is 0 Å². The lowest BCUT2D eigenvalue weighted by atomic mass is 9.85. The van der Waals surface area contributed by atoms with Crippen molar-refractivity contribution in [2.75, 3.05) is 24.5 Å². The van der Waals surface area contributed by atoms with Crippen LogP contribution in [-0.4, -0.2) is 53.7 Å². The van der Waals surface area contributed by atoms with Crippen molar-refractivity contribution in [1.29, 1.82) is 0 Å². The molecule has 0 spiro atoms. The van der Waals surface area contributed by atoms with E-state index in [1.165, 1.54) is 0 Å². The Bertz CT molecular complexity index is 854. The van der Waals surface area contributed by atoms with Gasteiger partial charge < -0.3 is 15.1 Å². The first-order valence-corrected chi connectivity index (χ1v) is 10.8. The summed E-state index contributed by atoms with van der Waals surface area (Å²) in [6.07, 6.45) is 2.58. The van der Waals surface area contributed by atoms with Gasteiger partial charge >= 0.3 is 0 Å². The molecule has 7 heteroatoms. The Morgan fingerprint density at radius 3 is 2.62 bits per heavy atom. The zero-order valence-corrected chi connectivity index (χ0v) is 17.8. The lowest BCUT2D eigenvalue weighted by Gasteiger charge is -2.41. The summed E-state index contributed by atoms with van der Waals surface area (Å²) < 4.78 is 0. The number of rotatable bonds is 5. The third kappa shape index (κ3) is 3.87. The van der Waals surface area contributed by atoms with Crippen LogP contribution in [-0.2, 0) is 14.4 Å². The molecule has 1 N–H and O–H groups in total. The molecule has 1 saturated carbocycles. The summed E-state index contributed by atoms with van der Waals surface area (Å²) in [5.74, 6) is 0.0318. The maximum absolute atomic E-state index is 12.9. The molecule has 0 radical (unpaired) electrons. The Hall–Kier alpha value is -2.08. The highest BCUT2D eigenvalue weighted by atomic mass is 35.5. The molecule has 2 atom stereocenters. The van der Waals surface area contributed by atoms with Crippen LogP contribution >= 0.6 is 11.6 Å². The van der Waals surface area contributed by atoms with Crippen molar-refractivity contribution in [2.45, 2.75) is 57.5 Å². The molecule has 2 heterocycles. The van der Waals surface area contributed by atoms with E-state index in [0.717, 1.165) is 35.7 Å². The van der Waals surface area contributed by atoms with Crippen LogP contribution in [0, 0.1) is 12.8 Å². The minimum atomic E-state index is -0.793. The van der Waals surface area contributed by atoms with Crippen molar-refractivity contribution >= 4 is 34.9 Å². The largest absolute Gasteiger partial charge is 0.365 e. The Morgan fingerprint density at radius 1 is 1.28 bits per heavy atom. The summed E-state index contributed by atoms with van der Waals surface area (Å²) in [5.41, 5.74) is 1.33. The Kier molecular flexibility index (Phi) is 5.32. The second-order valence-electron chi connectivity index (χ2n) is 8.71. The molecule has 1 aliphatic carbocycles. The number of halogens is 1. The number of anilines is 1. The standard InChI is InChI=1S/C22H28ClN3O3/c1-14-3-6-17(11-18(14)23)26-10-9-25(13-15(26)2)21(29)7-8-22(16-4-5-16)19(27)12-20(28)24-22/h3,6,11,15-16H,4-5,7-10,12-13H2,1-2H3,(H,24,28)/t15-,22?/m0/s1. The van der Waals surface area contributed by atoms with Crippen LogP contribution in [0.2, 0.25) is 5.02 Å². The molecular weight excluding hydrogens is 390 g/mol. The van der Waals surface area contributed by atoms with E-state index in [2.05, 4.69) is 23.2 Å². The van der Waals surface area contributed by atoms with Gasteiger partial charge in [0, 0.05) is 42.8 Å². The number of carbonyl (C=O) groups excluding carboxylic acids is 3. The van der Waals surface area contributed by atoms with Gasteiger partial charge in [-0.2, -0.15) is 0 Å². The average molecular weight is 418 g/mol. The van der Waals surface area contributed by atoms with Gasteiger partial charge in [0.05, 0.1) is 6.42 Å². The van der Waals surface area contributed by atoms with Crippen LogP contribution in [0.1, 0.15) is 44.6 Å². The van der Waals surface area contributed by atoms with Gasteiger partial charge in [-0.15, -0.1) is 0 Å². The number of amides is 2. The number of Topliss-reactive ketones (excluding diaryl/α,β-unsaturated/α-hetero) is 1. The smallest absolute Gasteiger partial charge is 0.228 e. The minimum absolute atomic E-state index is 0.0350. The molecule has 2 saturated heterocycles. The summed E-state index contributed by atoms with van der Waals surface area (Å²) in [6.45, 7) is 6.12. The first-order valence-electron chi connectivity index (χ1n) is 10.4. The van der Waals surface area contributed by atoms with Gasteiger partial charge in [0.15, 0.2) is 5.78 Å². The number of nitrogens with zero attached hydrogens (tertiary/aromatic N) is 2. The molecule has 2 aliphatic heterocycles. The fraction of sp³-hybridized carbons (Fsp3) is 0.591. The van der Waals surface area contributed by atoms with Gasteiger partial charge in [0.25, 0.3) is 0 Å². The monoisotopic (exact) mass is 417 g/mol. The maximum Gasteiger partial charge on any atom is 0.228 e. The predicted octanol–water partition coefficient (Wildman–Crippen LogP) is 2.70. The topological polar surface area (TPSA) is 69.7 Å². The molecule has 1 unspecified atom stereocenters. The second-order valence-corrected chi connectivity index (χ2v) is 9.12. The number of benzene rings is 1. The van der Waals surface area contributed by atoms with Crippen molar-refractivity contribution in [3.8, 4) is 0 Å². The van der Waals surface area contributed by atoms with Crippen LogP contribution in [0.15, 0.2) is 18.2 Å². The third-order valence-electron chi connectivity index (χ3n) is 6.66. The number of piperazine rings is 1. The zero-order valence-electron chi connectivity index (χ0n) is 17.0. The summed E-state index contributed by atoms with van der Waals surface area (Å²) in [5, 5.41) is 3.66. The van der Waals surface area contributed by atoms with Gasteiger partial charge in [-0.1, -0.05) is 17.7 Å². The van der Waals surface area contributed by atoms with Gasteiger partial charge in [0.2, 0.25) is 11.8 Å². The molecule has 1 aromatic carbocycles. The Labute approximate surface area is 176 Å². The van der Waals surface area contributed by atoms with Crippen molar-refractivity contribution < 1.29 is 14.4 Å². The molecule has 29 heavy (non-hydrogen) atoms. The first kappa shape index (κ1) is 20.2. The summed E-state index contributed by atoms with van der Waals surface area (Å²) in [7, 11) is 0. The van der Waals surface area contributed by atoms with Gasteiger partial charge in [-0.05, 0) is 56.7 Å². The number of hydrogen-bond donors (Lipinski definition) is 1.